The van der Waals surface area contributed by atoms with Gasteiger partial charge in [0, 0.05) is 11.1 Å². The van der Waals surface area contributed by atoms with Gasteiger partial charge in [0.1, 0.15) is 0 Å². The fourth-order valence-corrected chi connectivity index (χ4v) is 3.91. The fourth-order valence-electron chi connectivity index (χ4n) is 3.91. The average Bonchev–Trinajstić information content (AvgIpc) is 3.34. The van der Waals surface area contributed by atoms with Crippen LogP contribution >= 0.6 is 0 Å². The Morgan fingerprint density at radius 3 is 1.66 bits per heavy atom. The Hall–Kier alpha value is -3.20. The molecule has 1 heterocycles. The zero-order valence-corrected chi connectivity index (χ0v) is 19.2. The fraction of sp³-hybridized carbons (Fsp3) is 0.310. The predicted molar refractivity (Wildman–Crippen MR) is 132 cm³/mol. The molecule has 0 N–H and O–H groups in total. The molecule has 0 radical (unpaired) electrons. The van der Waals surface area contributed by atoms with E-state index in [9.17, 15) is 0 Å². The van der Waals surface area contributed by atoms with Gasteiger partial charge in [-0.05, 0) is 60.1 Å². The second kappa shape index (κ2) is 10.9. The van der Waals surface area contributed by atoms with E-state index < -0.39 is 0 Å². The highest BCUT2D eigenvalue weighted by Crippen LogP contribution is 2.26. The molecule has 0 fully saturated rings. The molecule has 3 nitrogen and oxygen atoms in total. The molecule has 0 spiro atoms. The molecule has 0 aliphatic rings. The van der Waals surface area contributed by atoms with Crippen LogP contribution in [0.3, 0.4) is 0 Å². The summed E-state index contributed by atoms with van der Waals surface area (Å²) in [5.74, 6) is 1.18. The van der Waals surface area contributed by atoms with E-state index in [1.807, 2.05) is 0 Å². The molecule has 1 aromatic heterocycles. The summed E-state index contributed by atoms with van der Waals surface area (Å²) in [4.78, 5) is 4.61. The van der Waals surface area contributed by atoms with E-state index in [0.29, 0.717) is 11.7 Å². The van der Waals surface area contributed by atoms with Gasteiger partial charge in [-0.2, -0.15) is 4.98 Å². The van der Waals surface area contributed by atoms with Crippen LogP contribution in [0.2, 0.25) is 0 Å². The number of aromatic nitrogens is 2. The van der Waals surface area contributed by atoms with Gasteiger partial charge in [-0.15, -0.1) is 0 Å². The first-order chi connectivity index (χ1) is 15.8. The first kappa shape index (κ1) is 22.0. The minimum Gasteiger partial charge on any atom is -0.334 e. The maximum absolute atomic E-state index is 5.53. The third-order valence-electron chi connectivity index (χ3n) is 5.95. The van der Waals surface area contributed by atoms with Crippen LogP contribution < -0.4 is 0 Å². The Balaban J connectivity index is 1.43. The van der Waals surface area contributed by atoms with Gasteiger partial charge in [0.05, 0.1) is 0 Å². The number of aryl methyl sites for hydroxylation is 2. The van der Waals surface area contributed by atoms with Gasteiger partial charge in [0.2, 0.25) is 5.82 Å². The lowest BCUT2D eigenvalue weighted by atomic mass is 10.0. The molecule has 0 unspecified atom stereocenters. The Morgan fingerprint density at radius 2 is 1.06 bits per heavy atom. The van der Waals surface area contributed by atoms with Crippen molar-refractivity contribution in [3.63, 3.8) is 0 Å². The zero-order valence-electron chi connectivity index (χ0n) is 19.2. The van der Waals surface area contributed by atoms with E-state index in [1.165, 1.54) is 54.4 Å². The van der Waals surface area contributed by atoms with Gasteiger partial charge in [0.25, 0.3) is 5.89 Å². The number of hydrogen-bond acceptors (Lipinski definition) is 3. The number of nitrogens with zero attached hydrogens (tertiary/aromatic N) is 2. The van der Waals surface area contributed by atoms with Crippen molar-refractivity contribution in [2.45, 2.75) is 58.8 Å². The van der Waals surface area contributed by atoms with E-state index in [0.717, 1.165) is 24.0 Å². The minimum absolute atomic E-state index is 0.560. The largest absolute Gasteiger partial charge is 0.334 e. The van der Waals surface area contributed by atoms with Crippen LogP contribution in [0.4, 0.5) is 0 Å². The summed E-state index contributed by atoms with van der Waals surface area (Å²) in [5, 5.41) is 4.20. The smallest absolute Gasteiger partial charge is 0.258 e. The maximum Gasteiger partial charge on any atom is 0.258 e. The predicted octanol–water partition coefficient (Wildman–Crippen LogP) is 8.15. The van der Waals surface area contributed by atoms with Crippen LogP contribution in [0.25, 0.3) is 34.0 Å². The van der Waals surface area contributed by atoms with E-state index in [-0.39, 0.29) is 0 Å². The highest BCUT2D eigenvalue weighted by atomic mass is 16.5. The van der Waals surface area contributed by atoms with Crippen molar-refractivity contribution in [3.05, 3.63) is 83.9 Å². The third kappa shape index (κ3) is 5.53. The van der Waals surface area contributed by atoms with Crippen LogP contribution in [-0.4, -0.2) is 10.1 Å². The van der Waals surface area contributed by atoms with Crippen molar-refractivity contribution in [3.8, 4) is 34.0 Å². The molecule has 0 atom stereocenters. The molecule has 0 aliphatic heterocycles. The van der Waals surface area contributed by atoms with Crippen molar-refractivity contribution in [1.29, 1.82) is 0 Å². The molecule has 0 saturated carbocycles. The molecule has 3 aromatic carbocycles. The van der Waals surface area contributed by atoms with E-state index >= 15 is 0 Å². The van der Waals surface area contributed by atoms with Crippen molar-refractivity contribution in [1.82, 2.24) is 10.1 Å². The summed E-state index contributed by atoms with van der Waals surface area (Å²) in [6.07, 6.45) is 8.51. The Bertz CT molecular complexity index is 1090. The minimum atomic E-state index is 0.560. The summed E-state index contributed by atoms with van der Waals surface area (Å²) in [6.45, 7) is 4.46. The standard InChI is InChI=1S/C29H32N2O/c1-3-5-7-9-23-10-14-24(15-11-23)25-18-20-26(21-19-25)28-30-29(32-31-28)27-16-12-22(13-17-27)8-6-4-2/h10-21H,3-9H2,1-2H3. The quantitative estimate of drug-likeness (QED) is 0.241. The Morgan fingerprint density at radius 1 is 0.562 bits per heavy atom. The average molecular weight is 425 g/mol. The van der Waals surface area contributed by atoms with Crippen LogP contribution in [0.15, 0.2) is 77.3 Å². The maximum atomic E-state index is 5.53. The molecule has 0 aliphatic carbocycles. The van der Waals surface area contributed by atoms with Gasteiger partial charge in [-0.1, -0.05) is 98.9 Å². The molecule has 4 rings (SSSR count). The van der Waals surface area contributed by atoms with Crippen molar-refractivity contribution >= 4 is 0 Å². The van der Waals surface area contributed by atoms with Crippen molar-refractivity contribution < 1.29 is 4.52 Å². The van der Waals surface area contributed by atoms with Crippen molar-refractivity contribution in [2.24, 2.45) is 0 Å². The van der Waals surface area contributed by atoms with Gasteiger partial charge in [-0.25, -0.2) is 0 Å². The van der Waals surface area contributed by atoms with Gasteiger partial charge >= 0.3 is 0 Å². The molecule has 3 heteroatoms. The second-order valence-electron chi connectivity index (χ2n) is 8.45. The number of rotatable bonds is 10. The summed E-state index contributed by atoms with van der Waals surface area (Å²) >= 11 is 0. The lowest BCUT2D eigenvalue weighted by molar-refractivity contribution is 0.432. The molecular weight excluding hydrogens is 392 g/mol. The Kier molecular flexibility index (Phi) is 7.50. The zero-order chi connectivity index (χ0) is 22.2. The molecule has 4 aromatic rings. The summed E-state index contributed by atoms with van der Waals surface area (Å²) < 4.78 is 5.53. The topological polar surface area (TPSA) is 38.9 Å². The van der Waals surface area contributed by atoms with E-state index in [4.69, 9.17) is 4.52 Å². The first-order valence-corrected chi connectivity index (χ1v) is 11.9. The van der Waals surface area contributed by atoms with Gasteiger partial charge < -0.3 is 4.52 Å². The SMILES string of the molecule is CCCCCc1ccc(-c2ccc(-c3noc(-c4ccc(CCCC)cc4)n3)cc2)cc1. The lowest BCUT2D eigenvalue weighted by Gasteiger charge is -2.05. The number of hydrogen-bond donors (Lipinski definition) is 0. The normalized spacial score (nSPS) is 11.1. The van der Waals surface area contributed by atoms with Crippen LogP contribution in [0, 0.1) is 0 Å². The lowest BCUT2D eigenvalue weighted by Crippen LogP contribution is -1.87. The van der Waals surface area contributed by atoms with Gasteiger partial charge in [-0.3, -0.25) is 0 Å². The van der Waals surface area contributed by atoms with E-state index in [2.05, 4.69) is 96.8 Å². The van der Waals surface area contributed by atoms with Gasteiger partial charge in [0.15, 0.2) is 0 Å². The molecule has 164 valence electrons. The highest BCUT2D eigenvalue weighted by Gasteiger charge is 2.11. The molecule has 0 bridgehead atoms. The van der Waals surface area contributed by atoms with Crippen molar-refractivity contribution in [2.75, 3.05) is 0 Å². The highest BCUT2D eigenvalue weighted by molar-refractivity contribution is 5.68. The third-order valence-corrected chi connectivity index (χ3v) is 5.95. The second-order valence-corrected chi connectivity index (χ2v) is 8.45. The first-order valence-electron chi connectivity index (χ1n) is 11.9. The monoisotopic (exact) mass is 424 g/mol. The van der Waals surface area contributed by atoms with Crippen LogP contribution in [0.5, 0.6) is 0 Å². The van der Waals surface area contributed by atoms with Crippen LogP contribution in [0.1, 0.15) is 57.1 Å². The number of unbranched alkanes of at least 4 members (excludes halogenated alkanes) is 3. The molecule has 0 amide bonds. The molecule has 0 saturated heterocycles. The molecule has 32 heavy (non-hydrogen) atoms. The molecular formula is C29H32N2O. The summed E-state index contributed by atoms with van der Waals surface area (Å²) in [7, 11) is 0. The Labute approximate surface area is 191 Å². The summed E-state index contributed by atoms with van der Waals surface area (Å²) in [5.41, 5.74) is 7.10. The summed E-state index contributed by atoms with van der Waals surface area (Å²) in [6, 6.07) is 25.7. The number of benzene rings is 3. The van der Waals surface area contributed by atoms with E-state index in [1.54, 1.807) is 0 Å². The van der Waals surface area contributed by atoms with Crippen LogP contribution in [-0.2, 0) is 12.8 Å².